The Balaban J connectivity index is 0.000000377. The van der Waals surface area contributed by atoms with E-state index in [2.05, 4.69) is 42.5 Å². The summed E-state index contributed by atoms with van der Waals surface area (Å²) in [5, 5.41) is 42.4. The van der Waals surface area contributed by atoms with Crippen LogP contribution in [-0.2, 0) is 17.1 Å². The van der Waals surface area contributed by atoms with Gasteiger partial charge in [-0.05, 0) is 111 Å². The molecule has 1 radical (unpaired) electrons. The third-order valence-corrected chi connectivity index (χ3v) is 14.6. The molecule has 5 heterocycles. The van der Waals surface area contributed by atoms with Gasteiger partial charge in [-0.1, -0.05) is 69.6 Å². The van der Waals surface area contributed by atoms with Crippen LogP contribution >= 0.6 is 0 Å². The number of nitrogens with one attached hydrogen (secondary N) is 8. The fourth-order valence-electron chi connectivity index (χ4n) is 12.4. The normalized spacial score (nSPS) is 49.2. The number of phenolic OH excluding ortho intramolecular Hbond substituents is 1. The molecule has 8 atom stereocenters. The molecule has 9 nitrogen and oxygen atoms in total. The molecule has 9 fully saturated rings. The molecule has 9 aliphatic rings. The standard InChI is InChI=1S/C32H56N8.C6H6O.Mn/c1-2-10-18-17(9-1)25-33-26(18)38-28-21-13-5-6-14-22(21)30(35-28)40-32-24-16-8-7-15-23(24)31(36-32)39-29-20-12-4-3-11-19(20)27(34-29)37-25;7-6-4-2-1-3-5-6;/h17-40H,1-16H2;1-5,7H;. The maximum atomic E-state index is 8.63. The summed E-state index contributed by atoms with van der Waals surface area (Å²) in [6.07, 6.45) is 25.6. The Kier molecular flexibility index (Phi) is 10.8. The zero-order valence-electron chi connectivity index (χ0n) is 28.8. The van der Waals surface area contributed by atoms with Crippen molar-refractivity contribution in [2.45, 2.75) is 152 Å². The number of aromatic hydroxyl groups is 1. The topological polar surface area (TPSA) is 116 Å². The Hall–Kier alpha value is -0.781. The van der Waals surface area contributed by atoms with Crippen molar-refractivity contribution in [2.75, 3.05) is 0 Å². The van der Waals surface area contributed by atoms with E-state index in [0.29, 0.717) is 55.1 Å². The van der Waals surface area contributed by atoms with E-state index in [1.54, 1.807) is 24.3 Å². The summed E-state index contributed by atoms with van der Waals surface area (Å²) in [6, 6.07) is 8.71. The van der Waals surface area contributed by atoms with Gasteiger partial charge in [0.25, 0.3) is 0 Å². The summed E-state index contributed by atoms with van der Waals surface area (Å²) in [5.41, 5.74) is 0. The second kappa shape index (κ2) is 15.1. The van der Waals surface area contributed by atoms with Gasteiger partial charge in [0.15, 0.2) is 0 Å². The zero-order valence-corrected chi connectivity index (χ0v) is 29.9. The van der Waals surface area contributed by atoms with Crippen LogP contribution < -0.4 is 42.5 Å². The summed E-state index contributed by atoms with van der Waals surface area (Å²) >= 11 is 0. The molecule has 0 aromatic heterocycles. The van der Waals surface area contributed by atoms with Crippen LogP contribution in [0.4, 0.5) is 0 Å². The van der Waals surface area contributed by atoms with Gasteiger partial charge in [-0.25, -0.2) is 0 Å². The summed E-state index contributed by atoms with van der Waals surface area (Å²) in [6.45, 7) is 0. The minimum atomic E-state index is 0. The summed E-state index contributed by atoms with van der Waals surface area (Å²) in [7, 11) is 0. The molecule has 4 saturated carbocycles. The van der Waals surface area contributed by atoms with Crippen molar-refractivity contribution in [2.24, 2.45) is 47.3 Å². The minimum absolute atomic E-state index is 0. The number of hydrogen-bond acceptors (Lipinski definition) is 9. The van der Waals surface area contributed by atoms with Crippen LogP contribution in [0.15, 0.2) is 30.3 Å². The molecule has 9 N–H and O–H groups in total. The van der Waals surface area contributed by atoms with Gasteiger partial charge in [-0.2, -0.15) is 0 Å². The predicted molar refractivity (Wildman–Crippen MR) is 185 cm³/mol. The number of rotatable bonds is 0. The van der Waals surface area contributed by atoms with Gasteiger partial charge in [0.2, 0.25) is 0 Å². The Bertz CT molecular complexity index is 988. The quantitative estimate of drug-likeness (QED) is 0.185. The largest absolute Gasteiger partial charge is 0.508 e. The molecule has 4 aliphatic carbocycles. The first-order valence-electron chi connectivity index (χ1n) is 20.0. The van der Waals surface area contributed by atoms with E-state index in [1.165, 1.54) is 103 Å². The van der Waals surface area contributed by atoms with Crippen LogP contribution in [-0.4, -0.2) is 54.4 Å². The van der Waals surface area contributed by atoms with E-state index >= 15 is 0 Å². The van der Waals surface area contributed by atoms with E-state index in [1.807, 2.05) is 6.07 Å². The van der Waals surface area contributed by atoms with E-state index in [9.17, 15) is 0 Å². The molecular weight excluding hydrogens is 639 g/mol. The third-order valence-electron chi connectivity index (χ3n) is 14.6. The van der Waals surface area contributed by atoms with Crippen molar-refractivity contribution >= 4 is 0 Å². The van der Waals surface area contributed by atoms with Gasteiger partial charge in [-0.15, -0.1) is 0 Å². The summed E-state index contributed by atoms with van der Waals surface area (Å²) < 4.78 is 0. The molecular formula is C38H62MnN8O. The maximum absolute atomic E-state index is 8.63. The van der Waals surface area contributed by atoms with E-state index in [-0.39, 0.29) is 17.1 Å². The zero-order chi connectivity index (χ0) is 31.3. The van der Waals surface area contributed by atoms with Crippen molar-refractivity contribution in [3.05, 3.63) is 30.3 Å². The smallest absolute Gasteiger partial charge is 0.115 e. The SMILES string of the molecule is C1CCC2C3NC(NC4NC(NC5NC(NC6NC(N3)C3CCCCC63)C3CCCCC53)C3CCCCC43)C2C1.Oc1ccccc1.[Mn]. The molecule has 10 heteroatoms. The first-order valence-corrected chi connectivity index (χ1v) is 20.0. The third kappa shape index (κ3) is 6.66. The van der Waals surface area contributed by atoms with Crippen LogP contribution in [0.1, 0.15) is 103 Å². The van der Waals surface area contributed by atoms with Crippen LogP contribution in [0.5, 0.6) is 5.75 Å². The fourth-order valence-corrected chi connectivity index (χ4v) is 12.4. The monoisotopic (exact) mass is 701 g/mol. The number of para-hydroxylation sites is 1. The van der Waals surface area contributed by atoms with Crippen molar-refractivity contribution in [3.8, 4) is 5.75 Å². The number of hydrogen-bond donors (Lipinski definition) is 9. The molecule has 267 valence electrons. The predicted octanol–water partition coefficient (Wildman–Crippen LogP) is 4.00. The van der Waals surface area contributed by atoms with Crippen molar-refractivity contribution < 1.29 is 22.2 Å². The Morgan fingerprint density at radius 1 is 0.333 bits per heavy atom. The van der Waals surface area contributed by atoms with Crippen molar-refractivity contribution in [1.82, 2.24) is 42.5 Å². The minimum Gasteiger partial charge on any atom is -0.508 e. The van der Waals surface area contributed by atoms with Crippen LogP contribution in [0.3, 0.4) is 0 Å². The Labute approximate surface area is 299 Å². The Morgan fingerprint density at radius 3 is 0.667 bits per heavy atom. The molecule has 10 rings (SSSR count). The van der Waals surface area contributed by atoms with Gasteiger partial charge < -0.3 is 5.11 Å². The fraction of sp³-hybridized carbons (Fsp3) is 0.842. The van der Waals surface area contributed by atoms with Crippen LogP contribution in [0, 0.1) is 47.3 Å². The Morgan fingerprint density at radius 2 is 0.521 bits per heavy atom. The molecule has 0 spiro atoms. The first kappa shape index (κ1) is 34.3. The van der Waals surface area contributed by atoms with Crippen LogP contribution in [0.25, 0.3) is 0 Å². The van der Waals surface area contributed by atoms with Gasteiger partial charge >= 0.3 is 0 Å². The molecule has 48 heavy (non-hydrogen) atoms. The number of phenols is 1. The molecule has 1 aromatic rings. The number of fused-ring (bicyclic) bond motifs is 20. The molecule has 5 aliphatic heterocycles. The van der Waals surface area contributed by atoms with Gasteiger partial charge in [-0.3, -0.25) is 42.5 Å². The molecule has 0 amide bonds. The molecule has 5 saturated heterocycles. The van der Waals surface area contributed by atoms with E-state index in [0.717, 1.165) is 47.3 Å². The van der Waals surface area contributed by atoms with E-state index in [4.69, 9.17) is 5.11 Å². The van der Waals surface area contributed by atoms with Gasteiger partial charge in [0.1, 0.15) is 5.75 Å². The average molecular weight is 702 g/mol. The van der Waals surface area contributed by atoms with Crippen molar-refractivity contribution in [3.63, 3.8) is 0 Å². The van der Waals surface area contributed by atoms with Crippen molar-refractivity contribution in [1.29, 1.82) is 0 Å². The maximum Gasteiger partial charge on any atom is 0.115 e. The average Bonchev–Trinajstić information content (AvgIpc) is 3.85. The van der Waals surface area contributed by atoms with E-state index < -0.39 is 0 Å². The van der Waals surface area contributed by atoms with Crippen LogP contribution in [0.2, 0.25) is 0 Å². The summed E-state index contributed by atoms with van der Waals surface area (Å²) in [5.74, 6) is 6.29. The molecule has 1 aromatic carbocycles. The van der Waals surface area contributed by atoms with Gasteiger partial charge in [0, 0.05) is 17.1 Å². The number of benzene rings is 1. The second-order valence-corrected chi connectivity index (χ2v) is 16.9. The molecule has 8 unspecified atom stereocenters. The first-order chi connectivity index (χ1) is 23.2. The summed E-state index contributed by atoms with van der Waals surface area (Å²) in [4.78, 5) is 0. The second-order valence-electron chi connectivity index (χ2n) is 16.9. The molecule has 8 bridgehead atoms. The van der Waals surface area contributed by atoms with Gasteiger partial charge in [0.05, 0.1) is 49.3 Å².